The molecule has 0 saturated carbocycles. The van der Waals surface area contributed by atoms with Crippen LogP contribution in [0.15, 0.2) is 24.8 Å². The highest BCUT2D eigenvalue weighted by Gasteiger charge is 1.86. The molecule has 6 nitrogen and oxygen atoms in total. The Bertz CT molecular complexity index is 240. The molecule has 78 valence electrons. The molecular formula is C8H11NO5. The summed E-state index contributed by atoms with van der Waals surface area (Å²) >= 11 is 0. The van der Waals surface area contributed by atoms with Crippen LogP contribution in [0.5, 0.6) is 0 Å². The normalized spacial score (nSPS) is 8.36. The number of hydrogen-bond donors (Lipinski definition) is 2. The number of rotatable bonds is 3. The topological polar surface area (TPSA) is 107 Å². The average molecular weight is 201 g/mol. The Morgan fingerprint density at radius 2 is 1.86 bits per heavy atom. The third-order valence-corrected chi connectivity index (χ3v) is 0.758. The number of hydrogen-bond acceptors (Lipinski definition) is 4. The Morgan fingerprint density at radius 1 is 1.36 bits per heavy atom. The second-order valence-corrected chi connectivity index (χ2v) is 1.80. The maximum Gasteiger partial charge on any atom is 0.329 e. The Morgan fingerprint density at radius 3 is 1.93 bits per heavy atom. The number of carboxylic acids is 1. The van der Waals surface area contributed by atoms with Crippen molar-refractivity contribution in [1.29, 1.82) is 0 Å². The van der Waals surface area contributed by atoms with Crippen molar-refractivity contribution >= 4 is 17.8 Å². The zero-order valence-corrected chi connectivity index (χ0v) is 7.60. The molecule has 0 unspecified atom stereocenters. The van der Waals surface area contributed by atoms with Crippen LogP contribution < -0.4 is 5.73 Å². The lowest BCUT2D eigenvalue weighted by Gasteiger charge is -1.83. The van der Waals surface area contributed by atoms with Gasteiger partial charge in [-0.15, -0.1) is 0 Å². The fourth-order valence-electron chi connectivity index (χ4n) is 0.237. The van der Waals surface area contributed by atoms with Crippen LogP contribution >= 0.6 is 0 Å². The maximum atomic E-state index is 9.84. The second kappa shape index (κ2) is 8.98. The van der Waals surface area contributed by atoms with Gasteiger partial charge in [0.15, 0.2) is 0 Å². The first-order chi connectivity index (χ1) is 6.43. The SMILES string of the molecule is C=CC(=O)OC.NC(=O)/C=C\C(=O)O. The van der Waals surface area contributed by atoms with Gasteiger partial charge in [-0.2, -0.15) is 0 Å². The van der Waals surface area contributed by atoms with Crippen LogP contribution in [0.25, 0.3) is 0 Å². The van der Waals surface area contributed by atoms with Crippen LogP contribution in [0, 0.1) is 0 Å². The van der Waals surface area contributed by atoms with Gasteiger partial charge in [0, 0.05) is 18.2 Å². The molecule has 0 fully saturated rings. The van der Waals surface area contributed by atoms with Crippen molar-refractivity contribution in [3.8, 4) is 0 Å². The summed E-state index contributed by atoms with van der Waals surface area (Å²) in [4.78, 5) is 29.2. The summed E-state index contributed by atoms with van der Waals surface area (Å²) < 4.78 is 4.14. The molecule has 0 aliphatic carbocycles. The van der Waals surface area contributed by atoms with Gasteiger partial charge in [-0.25, -0.2) is 9.59 Å². The second-order valence-electron chi connectivity index (χ2n) is 1.80. The Balaban J connectivity index is 0. The van der Waals surface area contributed by atoms with E-state index in [1.54, 1.807) is 0 Å². The Hall–Kier alpha value is -2.11. The Kier molecular flexibility index (Phi) is 9.25. The number of carbonyl (C=O) groups is 3. The predicted octanol–water partition coefficient (Wildman–Crippen LogP) is -0.542. The molecule has 14 heavy (non-hydrogen) atoms. The van der Waals surface area contributed by atoms with E-state index >= 15 is 0 Å². The number of methoxy groups -OCH3 is 1. The number of aliphatic carboxylic acids is 1. The first-order valence-electron chi connectivity index (χ1n) is 3.34. The zero-order valence-electron chi connectivity index (χ0n) is 7.60. The molecular weight excluding hydrogens is 190 g/mol. The molecule has 0 aliphatic rings. The molecule has 0 atom stereocenters. The zero-order chi connectivity index (χ0) is 11.6. The first-order valence-corrected chi connectivity index (χ1v) is 3.34. The molecule has 1 amide bonds. The quantitative estimate of drug-likeness (QED) is 0.471. The van der Waals surface area contributed by atoms with Crippen LogP contribution in [0.4, 0.5) is 0 Å². The smallest absolute Gasteiger partial charge is 0.329 e. The van der Waals surface area contributed by atoms with Crippen molar-refractivity contribution in [3.05, 3.63) is 24.8 Å². The van der Waals surface area contributed by atoms with Gasteiger partial charge in [-0.1, -0.05) is 6.58 Å². The summed E-state index contributed by atoms with van der Waals surface area (Å²) in [5.74, 6) is -2.33. The minimum absolute atomic E-state index is 0.394. The van der Waals surface area contributed by atoms with Gasteiger partial charge >= 0.3 is 11.9 Å². The maximum absolute atomic E-state index is 9.84. The third kappa shape index (κ3) is 16.5. The first kappa shape index (κ1) is 14.4. The fraction of sp³-hybridized carbons (Fsp3) is 0.125. The van der Waals surface area contributed by atoms with Gasteiger partial charge in [0.05, 0.1) is 7.11 Å². The molecule has 0 spiro atoms. The van der Waals surface area contributed by atoms with Gasteiger partial charge in [-0.05, 0) is 0 Å². The minimum atomic E-state index is -1.18. The van der Waals surface area contributed by atoms with Crippen molar-refractivity contribution in [3.63, 3.8) is 0 Å². The summed E-state index contributed by atoms with van der Waals surface area (Å²) in [5.41, 5.74) is 4.55. The van der Waals surface area contributed by atoms with E-state index in [1.807, 2.05) is 0 Å². The van der Waals surface area contributed by atoms with Gasteiger partial charge in [0.25, 0.3) is 0 Å². The predicted molar refractivity (Wildman–Crippen MR) is 48.2 cm³/mol. The lowest BCUT2D eigenvalue weighted by Crippen LogP contribution is -2.06. The van der Waals surface area contributed by atoms with Crippen molar-refractivity contribution in [2.75, 3.05) is 7.11 Å². The molecule has 0 bridgehead atoms. The number of carbonyl (C=O) groups excluding carboxylic acids is 2. The number of carboxylic acid groups (broad SMARTS) is 1. The van der Waals surface area contributed by atoms with Crippen molar-refractivity contribution in [2.24, 2.45) is 5.73 Å². The van der Waals surface area contributed by atoms with E-state index in [9.17, 15) is 14.4 Å². The number of nitrogens with two attached hydrogens (primary N) is 1. The monoisotopic (exact) mass is 201 g/mol. The van der Waals surface area contributed by atoms with Gasteiger partial charge in [-0.3, -0.25) is 4.79 Å². The largest absolute Gasteiger partial charge is 0.478 e. The number of primary amides is 1. The van der Waals surface area contributed by atoms with Crippen LogP contribution in [-0.4, -0.2) is 30.1 Å². The summed E-state index contributed by atoms with van der Waals surface area (Å²) in [7, 11) is 1.31. The molecule has 0 heterocycles. The highest BCUT2D eigenvalue weighted by Crippen LogP contribution is 1.68. The number of amides is 1. The lowest BCUT2D eigenvalue weighted by molar-refractivity contribution is -0.135. The molecule has 0 aromatic carbocycles. The highest BCUT2D eigenvalue weighted by atomic mass is 16.5. The molecule has 0 saturated heterocycles. The van der Waals surface area contributed by atoms with E-state index in [0.717, 1.165) is 12.2 Å². The molecule has 0 aromatic heterocycles. The number of ether oxygens (including phenoxy) is 1. The molecule has 0 radical (unpaired) electrons. The highest BCUT2D eigenvalue weighted by molar-refractivity contribution is 5.92. The van der Waals surface area contributed by atoms with Crippen molar-refractivity contribution < 1.29 is 24.2 Å². The summed E-state index contributed by atoms with van der Waals surface area (Å²) in [5, 5.41) is 7.87. The van der Waals surface area contributed by atoms with E-state index in [1.165, 1.54) is 7.11 Å². The van der Waals surface area contributed by atoms with Gasteiger partial charge in [0.1, 0.15) is 0 Å². The molecule has 0 aliphatic heterocycles. The number of esters is 1. The summed E-state index contributed by atoms with van der Waals surface area (Å²) in [6.07, 6.45) is 2.57. The van der Waals surface area contributed by atoms with E-state index in [-0.39, 0.29) is 0 Å². The van der Waals surface area contributed by atoms with Crippen LogP contribution in [0.1, 0.15) is 0 Å². The summed E-state index contributed by atoms with van der Waals surface area (Å²) in [6, 6.07) is 0. The minimum Gasteiger partial charge on any atom is -0.478 e. The Labute approximate surface area is 80.7 Å². The molecule has 3 N–H and O–H groups in total. The van der Waals surface area contributed by atoms with E-state index in [4.69, 9.17) is 5.11 Å². The van der Waals surface area contributed by atoms with Crippen molar-refractivity contribution in [1.82, 2.24) is 0 Å². The van der Waals surface area contributed by atoms with Crippen molar-refractivity contribution in [2.45, 2.75) is 0 Å². The van der Waals surface area contributed by atoms with E-state index in [0.29, 0.717) is 6.08 Å². The molecule has 6 heteroatoms. The van der Waals surface area contributed by atoms with Crippen LogP contribution in [0.3, 0.4) is 0 Å². The van der Waals surface area contributed by atoms with Crippen LogP contribution in [-0.2, 0) is 19.1 Å². The standard InChI is InChI=1S/C4H5NO3.C4H6O2/c5-3(6)1-2-4(7)8;1-3-4(5)6-2/h1-2H,(H2,5,6)(H,7,8);3H,1H2,2H3/b2-1-;. The van der Waals surface area contributed by atoms with E-state index < -0.39 is 17.8 Å². The van der Waals surface area contributed by atoms with Gasteiger partial charge in [0.2, 0.25) is 5.91 Å². The van der Waals surface area contributed by atoms with Crippen LogP contribution in [0.2, 0.25) is 0 Å². The van der Waals surface area contributed by atoms with Gasteiger partial charge < -0.3 is 15.6 Å². The fourth-order valence-corrected chi connectivity index (χ4v) is 0.237. The molecule has 0 aromatic rings. The summed E-state index contributed by atoms with van der Waals surface area (Å²) in [6.45, 7) is 3.16. The molecule has 0 rings (SSSR count). The average Bonchev–Trinajstić information content (AvgIpc) is 2.14. The third-order valence-electron chi connectivity index (χ3n) is 0.758. The van der Waals surface area contributed by atoms with E-state index in [2.05, 4.69) is 17.0 Å². The lowest BCUT2D eigenvalue weighted by atomic mass is 10.5.